The number of amides is 3. The molecule has 1 heterocycles. The van der Waals surface area contributed by atoms with Crippen LogP contribution in [0.15, 0.2) is 66.7 Å². The lowest BCUT2D eigenvalue weighted by molar-refractivity contribution is -0.160. The van der Waals surface area contributed by atoms with Gasteiger partial charge in [0.2, 0.25) is 11.8 Å². The van der Waals surface area contributed by atoms with E-state index in [1.54, 1.807) is 12.1 Å². The molecule has 3 amide bonds. The summed E-state index contributed by atoms with van der Waals surface area (Å²) < 4.78 is 5.32. The number of ether oxygens (including phenoxy) is 1. The van der Waals surface area contributed by atoms with Gasteiger partial charge in [0.1, 0.15) is 6.04 Å². The largest absolute Gasteiger partial charge is 0.454 e. The van der Waals surface area contributed by atoms with Crippen LogP contribution in [0.25, 0.3) is 0 Å². The molecule has 34 heavy (non-hydrogen) atoms. The first-order valence-corrected chi connectivity index (χ1v) is 11.5. The van der Waals surface area contributed by atoms with E-state index in [4.69, 9.17) is 4.74 Å². The Hall–Kier alpha value is -3.74. The number of fused-ring (bicyclic) bond motifs is 5. The molecule has 0 spiro atoms. The van der Waals surface area contributed by atoms with Gasteiger partial charge < -0.3 is 10.1 Å². The summed E-state index contributed by atoms with van der Waals surface area (Å²) >= 11 is 0. The predicted octanol–water partition coefficient (Wildman–Crippen LogP) is 2.90. The molecule has 0 aromatic heterocycles. The molecule has 7 nitrogen and oxygen atoms in total. The number of allylic oxidation sites excluding steroid dienone is 2. The average Bonchev–Trinajstić information content (AvgIpc) is 3.52. The number of hydrogen-bond acceptors (Lipinski definition) is 5. The van der Waals surface area contributed by atoms with Crippen molar-refractivity contribution in [3.05, 3.63) is 77.9 Å². The van der Waals surface area contributed by atoms with E-state index in [1.165, 1.54) is 0 Å². The minimum Gasteiger partial charge on any atom is -0.454 e. The van der Waals surface area contributed by atoms with Crippen LogP contribution >= 0.6 is 0 Å². The molecule has 2 bridgehead atoms. The summed E-state index contributed by atoms with van der Waals surface area (Å²) in [6.07, 6.45) is 4.98. The molecule has 5 rings (SSSR count). The summed E-state index contributed by atoms with van der Waals surface area (Å²) in [6, 6.07) is 15.3. The van der Waals surface area contributed by atoms with Crippen molar-refractivity contribution in [2.75, 3.05) is 11.9 Å². The number of carbonyl (C=O) groups excluding carboxylic acids is 4. The topological polar surface area (TPSA) is 92.8 Å². The monoisotopic (exact) mass is 458 g/mol. The van der Waals surface area contributed by atoms with Gasteiger partial charge >= 0.3 is 5.97 Å². The molecule has 1 saturated carbocycles. The number of nitrogens with zero attached hydrogens (tertiary/aromatic N) is 1. The third-order valence-corrected chi connectivity index (χ3v) is 7.04. The molecule has 2 fully saturated rings. The first-order chi connectivity index (χ1) is 16.4. The van der Waals surface area contributed by atoms with Crippen LogP contribution in [0, 0.1) is 30.6 Å². The number of benzene rings is 2. The lowest BCUT2D eigenvalue weighted by Gasteiger charge is -2.26. The Morgan fingerprint density at radius 2 is 1.59 bits per heavy atom. The normalized spacial score (nSPS) is 25.4. The maximum atomic E-state index is 13.3. The van der Waals surface area contributed by atoms with Crippen LogP contribution in [0.2, 0.25) is 0 Å². The van der Waals surface area contributed by atoms with Crippen molar-refractivity contribution in [3.8, 4) is 0 Å². The summed E-state index contributed by atoms with van der Waals surface area (Å²) in [7, 11) is 0. The van der Waals surface area contributed by atoms with Crippen LogP contribution in [-0.4, -0.2) is 41.2 Å². The van der Waals surface area contributed by atoms with E-state index in [2.05, 4.69) is 5.32 Å². The van der Waals surface area contributed by atoms with Gasteiger partial charge in [-0.2, -0.15) is 0 Å². The zero-order chi connectivity index (χ0) is 23.8. The predicted molar refractivity (Wildman–Crippen MR) is 124 cm³/mol. The second-order valence-corrected chi connectivity index (χ2v) is 9.27. The van der Waals surface area contributed by atoms with E-state index >= 15 is 0 Å². The molecule has 1 aliphatic heterocycles. The molecule has 0 radical (unpaired) electrons. The average molecular weight is 459 g/mol. The third kappa shape index (κ3) is 4.02. The van der Waals surface area contributed by atoms with E-state index in [1.807, 2.05) is 61.5 Å². The lowest BCUT2D eigenvalue weighted by Crippen LogP contribution is -2.48. The molecule has 1 saturated heterocycles. The quantitative estimate of drug-likeness (QED) is 0.391. The number of rotatable bonds is 7. The lowest BCUT2D eigenvalue weighted by atomic mass is 9.85. The highest BCUT2D eigenvalue weighted by atomic mass is 16.5. The zero-order valence-electron chi connectivity index (χ0n) is 18.8. The van der Waals surface area contributed by atoms with Crippen molar-refractivity contribution < 1.29 is 23.9 Å². The first kappa shape index (κ1) is 22.1. The van der Waals surface area contributed by atoms with Gasteiger partial charge in [0.25, 0.3) is 5.91 Å². The number of anilines is 1. The molecular formula is C27H26N2O5. The van der Waals surface area contributed by atoms with Crippen LogP contribution in [0.4, 0.5) is 5.69 Å². The first-order valence-electron chi connectivity index (χ1n) is 11.5. The van der Waals surface area contributed by atoms with Gasteiger partial charge in [-0.1, -0.05) is 60.2 Å². The number of carbonyl (C=O) groups is 4. The number of aryl methyl sites for hydroxylation is 1. The van der Waals surface area contributed by atoms with Gasteiger partial charge in [-0.25, -0.2) is 4.79 Å². The van der Waals surface area contributed by atoms with E-state index in [0.29, 0.717) is 5.69 Å². The molecule has 2 aliphatic carbocycles. The highest BCUT2D eigenvalue weighted by Crippen LogP contribution is 2.53. The van der Waals surface area contributed by atoms with E-state index in [9.17, 15) is 19.2 Å². The standard InChI is InChI=1S/C27H26N2O5/c1-16-7-11-20(12-8-16)28-22(30)15-34-27(33)21(13-17-5-3-2-4-6-17)29-25(31)23-18-9-10-19(14-18)24(23)26(29)32/h2-12,18-19,21,23-24H,13-15H2,1H3,(H,28,30)/t18-,19-,21+,23-,24+/m0/s1. The number of esters is 1. The Bertz CT molecular complexity index is 1130. The highest BCUT2D eigenvalue weighted by molar-refractivity contribution is 6.09. The summed E-state index contributed by atoms with van der Waals surface area (Å²) in [6.45, 7) is 1.44. The number of nitrogens with one attached hydrogen (secondary N) is 1. The molecule has 7 heteroatoms. The second-order valence-electron chi connectivity index (χ2n) is 9.27. The second kappa shape index (κ2) is 8.89. The van der Waals surface area contributed by atoms with Gasteiger partial charge in [-0.05, 0) is 42.9 Å². The fraction of sp³-hybridized carbons (Fsp3) is 0.333. The summed E-state index contributed by atoms with van der Waals surface area (Å²) in [5.41, 5.74) is 2.45. The van der Waals surface area contributed by atoms with Crippen molar-refractivity contribution >= 4 is 29.4 Å². The van der Waals surface area contributed by atoms with E-state index in [0.717, 1.165) is 22.4 Å². The highest BCUT2D eigenvalue weighted by Gasteiger charge is 2.61. The molecule has 1 N–H and O–H groups in total. The zero-order valence-corrected chi connectivity index (χ0v) is 18.8. The minimum atomic E-state index is -1.11. The Labute approximate surface area is 197 Å². The SMILES string of the molecule is Cc1ccc(NC(=O)COC(=O)[C@@H](Cc2ccccc2)N2C(=O)[C@@H]3[C@H](C2=O)[C@H]2C=C[C@H]3C2)cc1. The van der Waals surface area contributed by atoms with Gasteiger partial charge in [0, 0.05) is 12.1 Å². The Morgan fingerprint density at radius 3 is 2.21 bits per heavy atom. The number of likely N-dealkylation sites (tertiary alicyclic amines) is 1. The van der Waals surface area contributed by atoms with Crippen LogP contribution in [0.3, 0.4) is 0 Å². The van der Waals surface area contributed by atoms with E-state index < -0.39 is 36.4 Å². The van der Waals surface area contributed by atoms with Gasteiger partial charge in [0.15, 0.2) is 6.61 Å². The summed E-state index contributed by atoms with van der Waals surface area (Å²) in [5, 5.41) is 2.68. The Kier molecular flexibility index (Phi) is 5.77. The van der Waals surface area contributed by atoms with Gasteiger partial charge in [-0.3, -0.25) is 19.3 Å². The van der Waals surface area contributed by atoms with Crippen molar-refractivity contribution in [2.45, 2.75) is 25.8 Å². The number of imide groups is 1. The maximum Gasteiger partial charge on any atom is 0.330 e. The Morgan fingerprint density at radius 1 is 0.971 bits per heavy atom. The van der Waals surface area contributed by atoms with Gasteiger partial charge in [-0.15, -0.1) is 0 Å². The smallest absolute Gasteiger partial charge is 0.330 e. The molecule has 174 valence electrons. The van der Waals surface area contributed by atoms with Crippen molar-refractivity contribution in [1.29, 1.82) is 0 Å². The molecule has 2 aromatic rings. The number of hydrogen-bond donors (Lipinski definition) is 1. The fourth-order valence-electron chi connectivity index (χ4n) is 5.42. The summed E-state index contributed by atoms with van der Waals surface area (Å²) in [5.74, 6) is -2.59. The fourth-order valence-corrected chi connectivity index (χ4v) is 5.42. The van der Waals surface area contributed by atoms with E-state index in [-0.39, 0.29) is 30.1 Å². The molecule has 2 aromatic carbocycles. The Balaban J connectivity index is 1.31. The van der Waals surface area contributed by atoms with Crippen LogP contribution in [-0.2, 0) is 30.3 Å². The summed E-state index contributed by atoms with van der Waals surface area (Å²) in [4.78, 5) is 53.2. The van der Waals surface area contributed by atoms with Crippen LogP contribution < -0.4 is 5.32 Å². The minimum absolute atomic E-state index is 0.0464. The van der Waals surface area contributed by atoms with Gasteiger partial charge in [0.05, 0.1) is 11.8 Å². The molecule has 0 unspecified atom stereocenters. The van der Waals surface area contributed by atoms with Crippen LogP contribution in [0.1, 0.15) is 17.5 Å². The van der Waals surface area contributed by atoms with Crippen LogP contribution in [0.5, 0.6) is 0 Å². The van der Waals surface area contributed by atoms with Crippen molar-refractivity contribution in [3.63, 3.8) is 0 Å². The van der Waals surface area contributed by atoms with Crippen molar-refractivity contribution in [1.82, 2.24) is 4.90 Å². The molecule has 3 aliphatic rings. The molecule has 5 atom stereocenters. The molecular weight excluding hydrogens is 432 g/mol. The third-order valence-electron chi connectivity index (χ3n) is 7.04. The van der Waals surface area contributed by atoms with Crippen molar-refractivity contribution in [2.24, 2.45) is 23.7 Å². The maximum absolute atomic E-state index is 13.3.